The van der Waals surface area contributed by atoms with E-state index < -0.39 is 5.25 Å². The highest BCUT2D eigenvalue weighted by Crippen LogP contribution is 2.29. The number of thiophene rings is 1. The average Bonchev–Trinajstić information content (AvgIpc) is 3.27. The number of fused-ring (bicyclic) bond motifs is 1. The Kier molecular flexibility index (Phi) is 6.98. The Morgan fingerprint density at radius 2 is 2.03 bits per heavy atom. The van der Waals surface area contributed by atoms with E-state index in [0.717, 1.165) is 4.47 Å². The molecule has 1 atom stereocenters. The summed E-state index contributed by atoms with van der Waals surface area (Å²) in [6.07, 6.45) is 0.568. The van der Waals surface area contributed by atoms with E-state index in [4.69, 9.17) is 9.72 Å². The topological polar surface area (TPSA) is 73.2 Å². The van der Waals surface area contributed by atoms with Gasteiger partial charge in [0.25, 0.3) is 5.56 Å². The van der Waals surface area contributed by atoms with Gasteiger partial charge in [0.1, 0.15) is 10.4 Å². The van der Waals surface area contributed by atoms with Gasteiger partial charge >= 0.3 is 0 Å². The van der Waals surface area contributed by atoms with Crippen molar-refractivity contribution in [2.24, 2.45) is 0 Å². The van der Waals surface area contributed by atoms with E-state index in [0.29, 0.717) is 38.9 Å². The number of ether oxygens (including phenoxy) is 1. The zero-order chi connectivity index (χ0) is 22.7. The smallest absolute Gasteiger partial charge is 0.276 e. The second-order valence-corrected chi connectivity index (χ2v) is 9.88. The third-order valence-corrected chi connectivity index (χ3v) is 7.52. The van der Waals surface area contributed by atoms with Gasteiger partial charge in [-0.3, -0.25) is 14.2 Å². The van der Waals surface area contributed by atoms with Gasteiger partial charge < -0.3 is 10.1 Å². The van der Waals surface area contributed by atoms with Crippen LogP contribution >= 0.6 is 39.0 Å². The van der Waals surface area contributed by atoms with Crippen LogP contribution in [0.4, 0.5) is 5.69 Å². The fourth-order valence-electron chi connectivity index (χ4n) is 3.16. The highest BCUT2D eigenvalue weighted by atomic mass is 79.9. The molecule has 1 N–H and O–H groups in total. The van der Waals surface area contributed by atoms with Gasteiger partial charge in [-0.2, -0.15) is 0 Å². The molecule has 0 radical (unpaired) electrons. The summed E-state index contributed by atoms with van der Waals surface area (Å²) in [7, 11) is 1.58. The van der Waals surface area contributed by atoms with Crippen LogP contribution in [-0.2, 0) is 4.79 Å². The number of nitrogens with zero attached hydrogens (tertiary/aromatic N) is 2. The highest BCUT2D eigenvalue weighted by Gasteiger charge is 2.23. The van der Waals surface area contributed by atoms with Crippen LogP contribution in [0.15, 0.2) is 74.4 Å². The molecule has 0 fully saturated rings. The number of benzene rings is 2. The molecule has 0 spiro atoms. The normalized spacial score (nSPS) is 12.0. The first-order chi connectivity index (χ1) is 15.5. The molecular weight excluding hydrogens is 510 g/mol. The minimum absolute atomic E-state index is 0.141. The molecule has 0 bridgehead atoms. The summed E-state index contributed by atoms with van der Waals surface area (Å²) >= 11 is 6.08. The third-order valence-electron chi connectivity index (χ3n) is 4.78. The second-order valence-electron chi connectivity index (χ2n) is 6.88. The first kappa shape index (κ1) is 22.6. The zero-order valence-corrected chi connectivity index (χ0v) is 20.6. The van der Waals surface area contributed by atoms with E-state index in [9.17, 15) is 9.59 Å². The van der Waals surface area contributed by atoms with E-state index in [-0.39, 0.29) is 11.5 Å². The second kappa shape index (κ2) is 9.89. The number of halogens is 1. The summed E-state index contributed by atoms with van der Waals surface area (Å²) in [6, 6.07) is 16.5. The summed E-state index contributed by atoms with van der Waals surface area (Å²) in [6.45, 7) is 1.94. The third kappa shape index (κ3) is 4.74. The number of hydrogen-bond acceptors (Lipinski definition) is 6. The van der Waals surface area contributed by atoms with Gasteiger partial charge in [-0.25, -0.2) is 4.98 Å². The van der Waals surface area contributed by atoms with Crippen molar-refractivity contribution in [3.63, 3.8) is 0 Å². The molecule has 1 amide bonds. The van der Waals surface area contributed by atoms with Crippen molar-refractivity contribution >= 4 is 60.8 Å². The number of amides is 1. The minimum Gasteiger partial charge on any atom is -0.497 e. The maximum atomic E-state index is 13.3. The van der Waals surface area contributed by atoms with E-state index in [1.165, 1.54) is 23.1 Å². The first-order valence-corrected chi connectivity index (χ1v) is 12.4. The molecule has 0 unspecified atom stereocenters. The summed E-state index contributed by atoms with van der Waals surface area (Å²) < 4.78 is 8.32. The Morgan fingerprint density at radius 1 is 1.25 bits per heavy atom. The fraction of sp³-hybridized carbons (Fsp3) is 0.174. The van der Waals surface area contributed by atoms with Gasteiger partial charge in [0, 0.05) is 16.2 Å². The molecule has 0 aliphatic heterocycles. The van der Waals surface area contributed by atoms with Crippen LogP contribution < -0.4 is 15.6 Å². The number of aromatic nitrogens is 2. The van der Waals surface area contributed by atoms with Crippen LogP contribution in [-0.4, -0.2) is 27.8 Å². The van der Waals surface area contributed by atoms with Crippen molar-refractivity contribution in [1.82, 2.24) is 9.55 Å². The lowest BCUT2D eigenvalue weighted by Gasteiger charge is -2.18. The van der Waals surface area contributed by atoms with Gasteiger partial charge in [0.2, 0.25) is 5.91 Å². The van der Waals surface area contributed by atoms with Gasteiger partial charge in [0.15, 0.2) is 5.16 Å². The molecule has 6 nitrogen and oxygen atoms in total. The van der Waals surface area contributed by atoms with Crippen molar-refractivity contribution < 1.29 is 9.53 Å². The molecule has 0 saturated heterocycles. The predicted molar refractivity (Wildman–Crippen MR) is 134 cm³/mol. The van der Waals surface area contributed by atoms with Crippen LogP contribution in [0.2, 0.25) is 0 Å². The van der Waals surface area contributed by atoms with E-state index in [1.807, 2.05) is 60.8 Å². The van der Waals surface area contributed by atoms with Gasteiger partial charge in [-0.05, 0) is 54.3 Å². The number of hydrogen-bond donors (Lipinski definition) is 1. The number of thioether (sulfide) groups is 1. The van der Waals surface area contributed by atoms with Crippen molar-refractivity contribution in [3.05, 3.63) is 74.8 Å². The lowest BCUT2D eigenvalue weighted by molar-refractivity contribution is -0.115. The van der Waals surface area contributed by atoms with Gasteiger partial charge in [-0.1, -0.05) is 40.7 Å². The molecule has 4 rings (SSSR count). The SMILES string of the molecule is CC[C@H](Sc1nc2ccsc2c(=O)n1-c1ccc(Br)cc1)C(=O)Nc1cccc(OC)c1. The Hall–Kier alpha value is -2.62. The lowest BCUT2D eigenvalue weighted by Crippen LogP contribution is -2.27. The summed E-state index contributed by atoms with van der Waals surface area (Å²) in [5.74, 6) is 0.505. The molecule has 4 aromatic rings. The molecule has 2 aromatic heterocycles. The first-order valence-electron chi connectivity index (χ1n) is 9.88. The largest absolute Gasteiger partial charge is 0.497 e. The molecule has 9 heteroatoms. The molecule has 0 aliphatic carbocycles. The van der Waals surface area contributed by atoms with Crippen molar-refractivity contribution in [3.8, 4) is 11.4 Å². The molecule has 0 saturated carbocycles. The summed E-state index contributed by atoms with van der Waals surface area (Å²) in [5.41, 5.74) is 1.85. The molecule has 2 heterocycles. The van der Waals surface area contributed by atoms with E-state index in [1.54, 1.807) is 17.7 Å². The Morgan fingerprint density at radius 3 is 2.75 bits per heavy atom. The number of carbonyl (C=O) groups excluding carboxylic acids is 1. The number of methoxy groups -OCH3 is 1. The molecule has 2 aromatic carbocycles. The standard InChI is InChI=1S/C23H20BrN3O3S2/c1-3-19(21(28)25-15-5-4-6-17(13-15)30-2)32-23-26-18-11-12-31-20(18)22(29)27(23)16-9-7-14(24)8-10-16/h4-13,19H,3H2,1-2H3,(H,25,28)/t19-/m0/s1. The van der Waals surface area contributed by atoms with E-state index >= 15 is 0 Å². The molecule has 32 heavy (non-hydrogen) atoms. The van der Waals surface area contributed by atoms with Crippen molar-refractivity contribution in [2.75, 3.05) is 12.4 Å². The maximum absolute atomic E-state index is 13.3. The zero-order valence-electron chi connectivity index (χ0n) is 17.4. The number of rotatable bonds is 7. The van der Waals surface area contributed by atoms with Crippen molar-refractivity contribution in [1.29, 1.82) is 0 Å². The number of nitrogens with one attached hydrogen (secondary N) is 1. The molecule has 0 aliphatic rings. The van der Waals surface area contributed by atoms with Gasteiger partial charge in [0.05, 0.1) is 23.6 Å². The average molecular weight is 530 g/mol. The fourth-order valence-corrected chi connectivity index (χ4v) is 5.22. The minimum atomic E-state index is -0.439. The molecule has 164 valence electrons. The van der Waals surface area contributed by atoms with E-state index in [2.05, 4.69) is 21.2 Å². The lowest BCUT2D eigenvalue weighted by atomic mass is 10.2. The van der Waals surface area contributed by atoms with Crippen molar-refractivity contribution in [2.45, 2.75) is 23.8 Å². The van der Waals surface area contributed by atoms with Gasteiger partial charge in [-0.15, -0.1) is 11.3 Å². The van der Waals surface area contributed by atoms with Crippen LogP contribution in [0.1, 0.15) is 13.3 Å². The molecular formula is C23H20BrN3O3S2. The monoisotopic (exact) mass is 529 g/mol. The highest BCUT2D eigenvalue weighted by molar-refractivity contribution is 9.10. The summed E-state index contributed by atoms with van der Waals surface area (Å²) in [5, 5.41) is 4.84. The maximum Gasteiger partial charge on any atom is 0.276 e. The van der Waals surface area contributed by atoms with Crippen LogP contribution in [0.3, 0.4) is 0 Å². The Balaban J connectivity index is 1.70. The Bertz CT molecular complexity index is 1320. The predicted octanol–water partition coefficient (Wildman–Crippen LogP) is 5.73. The quantitative estimate of drug-likeness (QED) is 0.244. The number of carbonyl (C=O) groups is 1. The number of anilines is 1. The van der Waals surface area contributed by atoms with Crippen LogP contribution in [0, 0.1) is 0 Å². The van der Waals surface area contributed by atoms with Crippen LogP contribution in [0.25, 0.3) is 15.9 Å². The van der Waals surface area contributed by atoms with Crippen LogP contribution in [0.5, 0.6) is 5.75 Å². The summed E-state index contributed by atoms with van der Waals surface area (Å²) in [4.78, 5) is 31.1. The Labute approximate surface area is 201 Å².